The number of ether oxygens (including phenoxy) is 1. The van der Waals surface area contributed by atoms with E-state index in [1.807, 2.05) is 0 Å². The Balaban J connectivity index is 2.57. The number of thiol groups is 1. The van der Waals surface area contributed by atoms with Crippen LogP contribution in [0, 0.1) is 5.82 Å². The molecular weight excluding hydrogens is 303 g/mol. The molecule has 15 heavy (non-hydrogen) atoms. The molecule has 0 aliphatic rings. The van der Waals surface area contributed by atoms with Gasteiger partial charge in [0, 0.05) is 6.07 Å². The maximum atomic E-state index is 13.1. The van der Waals surface area contributed by atoms with E-state index in [0.717, 1.165) is 18.6 Å². The molecule has 0 saturated carbocycles. The van der Waals surface area contributed by atoms with Gasteiger partial charge in [-0.05, 0) is 40.6 Å². The zero-order valence-corrected chi connectivity index (χ0v) is 11.2. The van der Waals surface area contributed by atoms with Gasteiger partial charge in [-0.1, -0.05) is 11.6 Å². The van der Waals surface area contributed by atoms with Gasteiger partial charge in [0.2, 0.25) is 0 Å². The summed E-state index contributed by atoms with van der Waals surface area (Å²) >= 11 is 12.9. The lowest BCUT2D eigenvalue weighted by Crippen LogP contribution is -1.98. The average Bonchev–Trinajstić information content (AvgIpc) is 2.20. The summed E-state index contributed by atoms with van der Waals surface area (Å²) in [6, 6.07) is 2.78. The first kappa shape index (κ1) is 13.1. The summed E-state index contributed by atoms with van der Waals surface area (Å²) in [6.45, 7) is 0.556. The number of halogens is 3. The lowest BCUT2D eigenvalue weighted by Gasteiger charge is -2.08. The second kappa shape index (κ2) is 6.61. The molecule has 0 aliphatic heterocycles. The highest BCUT2D eigenvalue weighted by atomic mass is 79.9. The minimum absolute atomic E-state index is 0.0876. The number of rotatable bonds is 5. The van der Waals surface area contributed by atoms with Crippen molar-refractivity contribution in [2.45, 2.75) is 12.8 Å². The quantitative estimate of drug-likeness (QED) is 0.483. The molecule has 0 spiro atoms. The van der Waals surface area contributed by atoms with Gasteiger partial charge in [-0.25, -0.2) is 4.39 Å². The van der Waals surface area contributed by atoms with E-state index in [9.17, 15) is 4.39 Å². The predicted molar refractivity (Wildman–Crippen MR) is 67.7 cm³/mol. The van der Waals surface area contributed by atoms with Crippen LogP contribution < -0.4 is 4.74 Å². The van der Waals surface area contributed by atoms with Crippen molar-refractivity contribution in [3.63, 3.8) is 0 Å². The molecule has 0 atom stereocenters. The van der Waals surface area contributed by atoms with E-state index in [1.165, 1.54) is 12.1 Å². The molecule has 0 aliphatic carbocycles. The molecule has 0 fully saturated rings. The Kier molecular flexibility index (Phi) is 5.79. The Labute approximate surface area is 107 Å². The minimum atomic E-state index is -0.468. The first-order valence-electron chi connectivity index (χ1n) is 4.53. The van der Waals surface area contributed by atoms with Crippen LogP contribution >= 0.6 is 40.2 Å². The highest BCUT2D eigenvalue weighted by Gasteiger charge is 2.07. The first-order chi connectivity index (χ1) is 7.15. The zero-order chi connectivity index (χ0) is 11.3. The standard InChI is InChI=1S/C10H11BrClFOS/c11-7-5-8(12)9(13)6-10(7)14-3-1-2-4-15/h5-6,15H,1-4H2. The second-order valence-electron chi connectivity index (χ2n) is 2.98. The largest absolute Gasteiger partial charge is 0.492 e. The zero-order valence-electron chi connectivity index (χ0n) is 7.97. The number of hydrogen-bond acceptors (Lipinski definition) is 2. The molecule has 0 bridgehead atoms. The van der Waals surface area contributed by atoms with Gasteiger partial charge in [-0.15, -0.1) is 0 Å². The summed E-state index contributed by atoms with van der Waals surface area (Å²) in [6.07, 6.45) is 1.89. The lowest BCUT2D eigenvalue weighted by atomic mass is 10.3. The normalized spacial score (nSPS) is 10.4. The third-order valence-corrected chi connectivity index (χ3v) is 3.01. The third kappa shape index (κ3) is 4.21. The van der Waals surface area contributed by atoms with Crippen molar-refractivity contribution in [1.29, 1.82) is 0 Å². The van der Waals surface area contributed by atoms with Gasteiger partial charge in [0.25, 0.3) is 0 Å². The maximum absolute atomic E-state index is 13.1. The van der Waals surface area contributed by atoms with Gasteiger partial charge in [-0.3, -0.25) is 0 Å². The van der Waals surface area contributed by atoms with E-state index >= 15 is 0 Å². The first-order valence-corrected chi connectivity index (χ1v) is 6.33. The number of benzene rings is 1. The molecule has 0 N–H and O–H groups in total. The number of unbranched alkanes of at least 4 members (excludes halogenated alkanes) is 1. The van der Waals surface area contributed by atoms with Crippen LogP contribution in [0.3, 0.4) is 0 Å². The molecule has 1 aromatic rings. The fourth-order valence-corrected chi connectivity index (χ4v) is 1.99. The topological polar surface area (TPSA) is 9.23 Å². The summed E-state index contributed by atoms with van der Waals surface area (Å²) in [5, 5.41) is 0.0876. The van der Waals surface area contributed by atoms with Gasteiger partial charge in [-0.2, -0.15) is 12.6 Å². The lowest BCUT2D eigenvalue weighted by molar-refractivity contribution is 0.306. The van der Waals surface area contributed by atoms with E-state index in [-0.39, 0.29) is 5.02 Å². The summed E-state index contributed by atoms with van der Waals surface area (Å²) in [7, 11) is 0. The van der Waals surface area contributed by atoms with Crippen LogP contribution in [0.5, 0.6) is 5.75 Å². The summed E-state index contributed by atoms with van der Waals surface area (Å²) in [4.78, 5) is 0. The fraction of sp³-hybridized carbons (Fsp3) is 0.400. The van der Waals surface area contributed by atoms with Gasteiger partial charge in [0.05, 0.1) is 16.1 Å². The van der Waals surface area contributed by atoms with Crippen LogP contribution in [-0.4, -0.2) is 12.4 Å². The molecule has 0 unspecified atom stereocenters. The molecule has 0 aromatic heterocycles. The molecule has 84 valence electrons. The van der Waals surface area contributed by atoms with Gasteiger partial charge >= 0.3 is 0 Å². The van der Waals surface area contributed by atoms with E-state index in [0.29, 0.717) is 16.8 Å². The molecule has 5 heteroatoms. The van der Waals surface area contributed by atoms with E-state index in [2.05, 4.69) is 28.6 Å². The van der Waals surface area contributed by atoms with Crippen molar-refractivity contribution in [2.75, 3.05) is 12.4 Å². The van der Waals surface area contributed by atoms with Crippen LogP contribution in [0.1, 0.15) is 12.8 Å². The predicted octanol–water partition coefficient (Wildman–Crippen LogP) is 4.33. The summed E-state index contributed by atoms with van der Waals surface area (Å²) in [5.41, 5.74) is 0. The highest BCUT2D eigenvalue weighted by molar-refractivity contribution is 9.10. The Hall–Kier alpha value is 0.0700. The van der Waals surface area contributed by atoms with Crippen LogP contribution in [0.4, 0.5) is 4.39 Å². The summed E-state index contributed by atoms with van der Waals surface area (Å²) < 4.78 is 19.2. The van der Waals surface area contributed by atoms with Crippen molar-refractivity contribution in [1.82, 2.24) is 0 Å². The van der Waals surface area contributed by atoms with E-state index < -0.39 is 5.82 Å². The molecular formula is C10H11BrClFOS. The maximum Gasteiger partial charge on any atom is 0.145 e. The molecule has 0 saturated heterocycles. The van der Waals surface area contributed by atoms with E-state index in [1.54, 1.807) is 0 Å². The molecule has 1 rings (SSSR count). The van der Waals surface area contributed by atoms with Crippen LogP contribution in [0.2, 0.25) is 5.02 Å². The van der Waals surface area contributed by atoms with Crippen LogP contribution in [0.25, 0.3) is 0 Å². The van der Waals surface area contributed by atoms with Gasteiger partial charge in [0.1, 0.15) is 11.6 Å². The Bertz CT molecular complexity index is 335. The molecule has 0 radical (unpaired) electrons. The smallest absolute Gasteiger partial charge is 0.145 e. The van der Waals surface area contributed by atoms with Gasteiger partial charge < -0.3 is 4.74 Å². The molecule has 0 heterocycles. The minimum Gasteiger partial charge on any atom is -0.492 e. The third-order valence-electron chi connectivity index (χ3n) is 1.78. The highest BCUT2D eigenvalue weighted by Crippen LogP contribution is 2.30. The van der Waals surface area contributed by atoms with Crippen LogP contribution in [0.15, 0.2) is 16.6 Å². The molecule has 1 nitrogen and oxygen atoms in total. The second-order valence-corrected chi connectivity index (χ2v) is 4.68. The van der Waals surface area contributed by atoms with Crippen LogP contribution in [-0.2, 0) is 0 Å². The SMILES string of the molecule is Fc1cc(OCCCCS)c(Br)cc1Cl. The number of hydrogen-bond donors (Lipinski definition) is 1. The Morgan fingerprint density at radius 2 is 2.13 bits per heavy atom. The average molecular weight is 314 g/mol. The molecule has 1 aromatic carbocycles. The fourth-order valence-electron chi connectivity index (χ4n) is 1.01. The van der Waals surface area contributed by atoms with Crippen molar-refractivity contribution in [2.24, 2.45) is 0 Å². The van der Waals surface area contributed by atoms with Crippen molar-refractivity contribution < 1.29 is 9.13 Å². The van der Waals surface area contributed by atoms with Gasteiger partial charge in [0.15, 0.2) is 0 Å². The monoisotopic (exact) mass is 312 g/mol. The van der Waals surface area contributed by atoms with Crippen molar-refractivity contribution in [3.8, 4) is 5.75 Å². The molecule has 0 amide bonds. The van der Waals surface area contributed by atoms with E-state index in [4.69, 9.17) is 16.3 Å². The Morgan fingerprint density at radius 3 is 2.80 bits per heavy atom. The van der Waals surface area contributed by atoms with Crippen molar-refractivity contribution >= 4 is 40.2 Å². The van der Waals surface area contributed by atoms with Crippen molar-refractivity contribution in [3.05, 3.63) is 27.4 Å². The summed E-state index contributed by atoms with van der Waals surface area (Å²) in [5.74, 6) is 0.847. The Morgan fingerprint density at radius 1 is 1.40 bits per heavy atom.